The number of primary amides is 1. The zero-order valence-electron chi connectivity index (χ0n) is 13.5. The summed E-state index contributed by atoms with van der Waals surface area (Å²) < 4.78 is 1.91. The van der Waals surface area contributed by atoms with Crippen LogP contribution in [-0.4, -0.2) is 27.8 Å². The van der Waals surface area contributed by atoms with Crippen LogP contribution in [0.25, 0.3) is 0 Å². The summed E-state index contributed by atoms with van der Waals surface area (Å²) in [4.78, 5) is 22.8. The predicted octanol–water partition coefficient (Wildman–Crippen LogP) is 1.54. The third-order valence-corrected chi connectivity index (χ3v) is 3.38. The summed E-state index contributed by atoms with van der Waals surface area (Å²) in [6.45, 7) is 6.15. The molecule has 1 atom stereocenters. The average Bonchev–Trinajstić information content (AvgIpc) is 2.76. The highest BCUT2D eigenvalue weighted by atomic mass is 16.2. The van der Waals surface area contributed by atoms with Gasteiger partial charge in [-0.25, -0.2) is 4.79 Å². The highest BCUT2D eigenvalue weighted by Gasteiger charge is 2.14. The molecule has 0 radical (unpaired) electrons. The van der Waals surface area contributed by atoms with E-state index in [-0.39, 0.29) is 5.91 Å². The van der Waals surface area contributed by atoms with E-state index in [4.69, 9.17) is 5.73 Å². The molecule has 122 valence electrons. The number of carbonyl (C=O) groups is 2. The third-order valence-electron chi connectivity index (χ3n) is 3.38. The molecule has 7 nitrogen and oxygen atoms in total. The molecular formula is C16H21N5O2. The largest absolute Gasteiger partial charge is 0.352 e. The van der Waals surface area contributed by atoms with Crippen molar-refractivity contribution >= 4 is 17.6 Å². The number of rotatable bonds is 5. The van der Waals surface area contributed by atoms with Gasteiger partial charge in [-0.2, -0.15) is 5.10 Å². The molecule has 0 fully saturated rings. The second-order valence-electron chi connectivity index (χ2n) is 5.50. The second kappa shape index (κ2) is 6.95. The van der Waals surface area contributed by atoms with Crippen molar-refractivity contribution in [1.29, 1.82) is 0 Å². The number of hydrogen-bond donors (Lipinski definition) is 3. The minimum atomic E-state index is -0.731. The molecule has 0 spiro atoms. The molecule has 7 heteroatoms. The number of benzene rings is 1. The normalized spacial score (nSPS) is 11.8. The molecule has 1 aromatic carbocycles. The topological polar surface area (TPSA) is 102 Å². The molecule has 1 unspecified atom stereocenters. The number of hydrogen-bond acceptors (Lipinski definition) is 3. The van der Waals surface area contributed by atoms with Crippen LogP contribution in [0.5, 0.6) is 0 Å². The Morgan fingerprint density at radius 1 is 1.30 bits per heavy atom. The summed E-state index contributed by atoms with van der Waals surface area (Å²) in [5.74, 6) is -0.327. The lowest BCUT2D eigenvalue weighted by Gasteiger charge is -2.13. The molecule has 0 aliphatic rings. The number of carbonyl (C=O) groups excluding carboxylic acids is 2. The van der Waals surface area contributed by atoms with E-state index in [1.54, 1.807) is 13.0 Å². The van der Waals surface area contributed by atoms with E-state index in [1.165, 1.54) is 0 Å². The minimum absolute atomic E-state index is 0.327. The fourth-order valence-corrected chi connectivity index (χ4v) is 2.28. The van der Waals surface area contributed by atoms with Crippen LogP contribution in [0.1, 0.15) is 23.9 Å². The van der Waals surface area contributed by atoms with Gasteiger partial charge in [0.1, 0.15) is 6.04 Å². The van der Waals surface area contributed by atoms with E-state index in [1.807, 2.05) is 42.8 Å². The number of nitrogens with two attached hydrogens (primary N) is 1. The van der Waals surface area contributed by atoms with Gasteiger partial charge in [-0.15, -0.1) is 0 Å². The number of nitrogens with one attached hydrogen (secondary N) is 2. The quantitative estimate of drug-likeness (QED) is 0.780. The molecule has 0 saturated heterocycles. The van der Waals surface area contributed by atoms with Crippen molar-refractivity contribution in [2.45, 2.75) is 33.4 Å². The number of aryl methyl sites for hydroxylation is 2. The molecule has 0 aliphatic heterocycles. The molecule has 4 N–H and O–H groups in total. The highest BCUT2D eigenvalue weighted by molar-refractivity contribution is 5.96. The van der Waals surface area contributed by atoms with Crippen LogP contribution in [0.4, 0.5) is 10.5 Å². The van der Waals surface area contributed by atoms with E-state index >= 15 is 0 Å². The van der Waals surface area contributed by atoms with Crippen LogP contribution in [-0.2, 0) is 11.3 Å². The van der Waals surface area contributed by atoms with Crippen molar-refractivity contribution < 1.29 is 9.59 Å². The SMILES string of the molecule is Cc1cc(C)n(Cc2cccc(NC(=O)C(C)NC(N)=O)c2)n1. The summed E-state index contributed by atoms with van der Waals surface area (Å²) in [7, 11) is 0. The second-order valence-corrected chi connectivity index (χ2v) is 5.50. The Balaban J connectivity index is 2.06. The number of urea groups is 1. The van der Waals surface area contributed by atoms with Gasteiger partial charge in [0, 0.05) is 11.4 Å². The lowest BCUT2D eigenvalue weighted by atomic mass is 10.2. The molecule has 0 bridgehead atoms. The maximum absolute atomic E-state index is 12.0. The third kappa shape index (κ3) is 4.57. The maximum atomic E-state index is 12.0. The minimum Gasteiger partial charge on any atom is -0.352 e. The Morgan fingerprint density at radius 2 is 2.04 bits per heavy atom. The van der Waals surface area contributed by atoms with Gasteiger partial charge < -0.3 is 16.4 Å². The van der Waals surface area contributed by atoms with E-state index < -0.39 is 12.1 Å². The summed E-state index contributed by atoms with van der Waals surface area (Å²) >= 11 is 0. The fourth-order valence-electron chi connectivity index (χ4n) is 2.28. The Labute approximate surface area is 134 Å². The zero-order valence-corrected chi connectivity index (χ0v) is 13.5. The van der Waals surface area contributed by atoms with Crippen molar-refractivity contribution in [3.8, 4) is 0 Å². The van der Waals surface area contributed by atoms with E-state index in [2.05, 4.69) is 15.7 Å². The number of amides is 3. The number of aromatic nitrogens is 2. The molecule has 0 aliphatic carbocycles. The van der Waals surface area contributed by atoms with Crippen molar-refractivity contribution in [3.63, 3.8) is 0 Å². The smallest absolute Gasteiger partial charge is 0.312 e. The monoisotopic (exact) mass is 315 g/mol. The molecule has 23 heavy (non-hydrogen) atoms. The molecule has 3 amide bonds. The summed E-state index contributed by atoms with van der Waals surface area (Å²) in [6, 6.07) is 8.09. The Hall–Kier alpha value is -2.83. The molecule has 2 rings (SSSR count). The summed E-state index contributed by atoms with van der Waals surface area (Å²) in [6.07, 6.45) is 0. The average molecular weight is 315 g/mol. The zero-order chi connectivity index (χ0) is 17.0. The molecule has 2 aromatic rings. The first-order chi connectivity index (χ1) is 10.8. The first-order valence-electron chi connectivity index (χ1n) is 7.32. The Kier molecular flexibility index (Phi) is 5.00. The van der Waals surface area contributed by atoms with Crippen LogP contribution in [0.15, 0.2) is 30.3 Å². The van der Waals surface area contributed by atoms with Gasteiger partial charge in [0.25, 0.3) is 0 Å². The van der Waals surface area contributed by atoms with Gasteiger partial charge in [-0.05, 0) is 44.5 Å². The first kappa shape index (κ1) is 16.5. The standard InChI is InChI=1S/C16H21N5O2/c1-10-7-11(2)21(20-10)9-13-5-4-6-14(8-13)19-15(22)12(3)18-16(17)23/h4-8,12H,9H2,1-3H3,(H,19,22)(H3,17,18,23). The van der Waals surface area contributed by atoms with E-state index in [9.17, 15) is 9.59 Å². The maximum Gasteiger partial charge on any atom is 0.312 e. The number of nitrogens with zero attached hydrogens (tertiary/aromatic N) is 2. The van der Waals surface area contributed by atoms with Gasteiger partial charge in [-0.1, -0.05) is 12.1 Å². The van der Waals surface area contributed by atoms with Gasteiger partial charge in [0.05, 0.1) is 12.2 Å². The van der Waals surface area contributed by atoms with Crippen molar-refractivity contribution in [2.75, 3.05) is 5.32 Å². The summed E-state index contributed by atoms with van der Waals surface area (Å²) in [5.41, 5.74) is 8.74. The van der Waals surface area contributed by atoms with Crippen molar-refractivity contribution in [1.82, 2.24) is 15.1 Å². The molecule has 1 heterocycles. The van der Waals surface area contributed by atoms with E-state index in [0.29, 0.717) is 12.2 Å². The van der Waals surface area contributed by atoms with Crippen LogP contribution in [0.2, 0.25) is 0 Å². The van der Waals surface area contributed by atoms with Crippen LogP contribution in [0, 0.1) is 13.8 Å². The van der Waals surface area contributed by atoms with Crippen molar-refractivity contribution in [2.24, 2.45) is 5.73 Å². The summed E-state index contributed by atoms with van der Waals surface area (Å²) in [5, 5.41) is 9.52. The molecule has 0 saturated carbocycles. The fraction of sp³-hybridized carbons (Fsp3) is 0.312. The van der Waals surface area contributed by atoms with Gasteiger partial charge in [0.15, 0.2) is 0 Å². The van der Waals surface area contributed by atoms with Crippen LogP contribution >= 0.6 is 0 Å². The van der Waals surface area contributed by atoms with Crippen LogP contribution < -0.4 is 16.4 Å². The van der Waals surface area contributed by atoms with Gasteiger partial charge >= 0.3 is 6.03 Å². The highest BCUT2D eigenvalue weighted by Crippen LogP contribution is 2.13. The van der Waals surface area contributed by atoms with Crippen molar-refractivity contribution in [3.05, 3.63) is 47.3 Å². The number of anilines is 1. The predicted molar refractivity (Wildman–Crippen MR) is 88.1 cm³/mol. The Bertz CT molecular complexity index is 723. The van der Waals surface area contributed by atoms with Gasteiger partial charge in [0.2, 0.25) is 5.91 Å². The first-order valence-corrected chi connectivity index (χ1v) is 7.32. The van der Waals surface area contributed by atoms with E-state index in [0.717, 1.165) is 17.0 Å². The lowest BCUT2D eigenvalue weighted by molar-refractivity contribution is -0.117. The molecular weight excluding hydrogens is 294 g/mol. The van der Waals surface area contributed by atoms with Gasteiger partial charge in [-0.3, -0.25) is 9.48 Å². The lowest BCUT2D eigenvalue weighted by Crippen LogP contribution is -2.44. The Morgan fingerprint density at radius 3 is 2.65 bits per heavy atom. The molecule has 1 aromatic heterocycles. The van der Waals surface area contributed by atoms with Crippen LogP contribution in [0.3, 0.4) is 0 Å².